The molecule has 1 atom stereocenters. The lowest BCUT2D eigenvalue weighted by atomic mass is 10.1. The quantitative estimate of drug-likeness (QED) is 0.651. The number of carbonyl (C=O) groups is 1. The lowest BCUT2D eigenvalue weighted by molar-refractivity contribution is -0.146. The third-order valence-electron chi connectivity index (χ3n) is 4.08. The zero-order valence-electron chi connectivity index (χ0n) is 14.2. The first-order valence-electron chi connectivity index (χ1n) is 8.44. The van der Waals surface area contributed by atoms with Gasteiger partial charge in [0.05, 0.1) is 6.61 Å². The third kappa shape index (κ3) is 6.76. The summed E-state index contributed by atoms with van der Waals surface area (Å²) in [6.45, 7) is 15.2. The summed E-state index contributed by atoms with van der Waals surface area (Å²) >= 11 is 0. The molecule has 1 unspecified atom stereocenters. The highest BCUT2D eigenvalue weighted by Gasteiger charge is 2.22. The zero-order chi connectivity index (χ0) is 15.7. The predicted molar refractivity (Wildman–Crippen MR) is 86.5 cm³/mol. The molecule has 1 fully saturated rings. The van der Waals surface area contributed by atoms with Gasteiger partial charge < -0.3 is 15.0 Å². The molecule has 0 aromatic carbocycles. The molecule has 0 saturated carbocycles. The van der Waals surface area contributed by atoms with E-state index in [9.17, 15) is 4.79 Å². The number of carbonyl (C=O) groups excluding carboxylic acids is 1. The van der Waals surface area contributed by atoms with Gasteiger partial charge in [-0.3, -0.25) is 9.69 Å². The van der Waals surface area contributed by atoms with Gasteiger partial charge >= 0.3 is 5.97 Å². The van der Waals surface area contributed by atoms with Crippen LogP contribution in [-0.2, 0) is 9.53 Å². The fraction of sp³-hybridized carbons (Fsp3) is 0.938. The molecule has 0 radical (unpaired) electrons. The van der Waals surface area contributed by atoms with Crippen molar-refractivity contribution in [2.45, 2.75) is 52.6 Å². The van der Waals surface area contributed by atoms with E-state index in [1.807, 2.05) is 6.92 Å². The minimum atomic E-state index is -0.159. The van der Waals surface area contributed by atoms with Crippen molar-refractivity contribution in [1.82, 2.24) is 15.1 Å². The Balaban J connectivity index is 2.34. The molecule has 5 nitrogen and oxygen atoms in total. The number of hydrogen-bond donors (Lipinski definition) is 1. The van der Waals surface area contributed by atoms with E-state index in [1.54, 1.807) is 0 Å². The molecule has 1 aliphatic rings. The number of hydrogen-bond acceptors (Lipinski definition) is 5. The van der Waals surface area contributed by atoms with Crippen LogP contribution in [0.25, 0.3) is 0 Å². The van der Waals surface area contributed by atoms with Gasteiger partial charge in [-0.15, -0.1) is 0 Å². The van der Waals surface area contributed by atoms with Crippen LogP contribution in [0.15, 0.2) is 0 Å². The van der Waals surface area contributed by atoms with Crippen LogP contribution < -0.4 is 5.32 Å². The number of nitrogens with one attached hydrogen (secondary N) is 1. The Morgan fingerprint density at radius 1 is 1.19 bits per heavy atom. The van der Waals surface area contributed by atoms with Gasteiger partial charge in [0.25, 0.3) is 0 Å². The number of esters is 1. The molecule has 1 rings (SSSR count). The van der Waals surface area contributed by atoms with Crippen molar-refractivity contribution in [1.29, 1.82) is 0 Å². The molecule has 0 aromatic heterocycles. The van der Waals surface area contributed by atoms with Crippen LogP contribution in [0.1, 0.15) is 40.5 Å². The molecule has 0 aromatic rings. The van der Waals surface area contributed by atoms with Crippen LogP contribution in [0.2, 0.25) is 0 Å². The standard InChI is InChI=1S/C16H33N3O2/c1-5-8-17-15(16(20)21-6-2)7-9-18-10-12-19(13-11-18)14(3)4/h14-15,17H,5-13H2,1-4H3. The largest absolute Gasteiger partial charge is 0.465 e. The topological polar surface area (TPSA) is 44.8 Å². The summed E-state index contributed by atoms with van der Waals surface area (Å²) in [4.78, 5) is 16.9. The van der Waals surface area contributed by atoms with Crippen LogP contribution in [0.4, 0.5) is 0 Å². The van der Waals surface area contributed by atoms with Crippen molar-refractivity contribution in [2.24, 2.45) is 0 Å². The van der Waals surface area contributed by atoms with E-state index >= 15 is 0 Å². The highest BCUT2D eigenvalue weighted by Crippen LogP contribution is 2.07. The molecule has 0 bridgehead atoms. The highest BCUT2D eigenvalue weighted by atomic mass is 16.5. The molecule has 124 valence electrons. The van der Waals surface area contributed by atoms with E-state index in [0.29, 0.717) is 12.6 Å². The van der Waals surface area contributed by atoms with E-state index in [1.165, 1.54) is 0 Å². The first kappa shape index (κ1) is 18.4. The van der Waals surface area contributed by atoms with Gasteiger partial charge in [0, 0.05) is 38.8 Å². The maximum absolute atomic E-state index is 12.0. The minimum Gasteiger partial charge on any atom is -0.465 e. The average Bonchev–Trinajstić information content (AvgIpc) is 2.48. The summed E-state index contributed by atoms with van der Waals surface area (Å²) in [5.74, 6) is -0.105. The summed E-state index contributed by atoms with van der Waals surface area (Å²) < 4.78 is 5.16. The van der Waals surface area contributed by atoms with Crippen LogP contribution in [-0.4, -0.2) is 73.7 Å². The normalized spacial score (nSPS) is 18.9. The van der Waals surface area contributed by atoms with Crippen molar-refractivity contribution in [3.8, 4) is 0 Å². The molecular weight excluding hydrogens is 266 g/mol. The first-order chi connectivity index (χ1) is 10.1. The van der Waals surface area contributed by atoms with Gasteiger partial charge in [0.15, 0.2) is 0 Å². The maximum atomic E-state index is 12.0. The Bertz CT molecular complexity index is 289. The minimum absolute atomic E-state index is 0.105. The molecule has 1 saturated heterocycles. The lowest BCUT2D eigenvalue weighted by Gasteiger charge is -2.37. The summed E-state index contributed by atoms with van der Waals surface area (Å²) in [6.07, 6.45) is 1.86. The van der Waals surface area contributed by atoms with Crippen LogP contribution in [0, 0.1) is 0 Å². The molecule has 1 heterocycles. The van der Waals surface area contributed by atoms with Gasteiger partial charge in [0.1, 0.15) is 6.04 Å². The zero-order valence-corrected chi connectivity index (χ0v) is 14.2. The Labute approximate surface area is 130 Å². The van der Waals surface area contributed by atoms with Gasteiger partial charge in [-0.1, -0.05) is 6.92 Å². The van der Waals surface area contributed by atoms with Crippen molar-refractivity contribution >= 4 is 5.97 Å². The number of piperazine rings is 1. The van der Waals surface area contributed by atoms with Crippen molar-refractivity contribution in [2.75, 3.05) is 45.9 Å². The predicted octanol–water partition coefficient (Wildman–Crippen LogP) is 1.33. The van der Waals surface area contributed by atoms with Crippen LogP contribution in [0.3, 0.4) is 0 Å². The molecule has 0 spiro atoms. The number of nitrogens with zero attached hydrogens (tertiary/aromatic N) is 2. The second-order valence-corrected chi connectivity index (χ2v) is 6.02. The number of ether oxygens (including phenoxy) is 1. The van der Waals surface area contributed by atoms with Crippen LogP contribution in [0.5, 0.6) is 0 Å². The van der Waals surface area contributed by atoms with Gasteiger partial charge in [-0.2, -0.15) is 0 Å². The first-order valence-corrected chi connectivity index (χ1v) is 8.44. The summed E-state index contributed by atoms with van der Waals surface area (Å²) in [5.41, 5.74) is 0. The molecule has 0 amide bonds. The Hall–Kier alpha value is -0.650. The van der Waals surface area contributed by atoms with Crippen molar-refractivity contribution < 1.29 is 9.53 Å². The summed E-state index contributed by atoms with van der Waals surface area (Å²) in [5, 5.41) is 3.31. The van der Waals surface area contributed by atoms with E-state index in [4.69, 9.17) is 4.74 Å². The second kappa shape index (κ2) is 10.1. The Kier molecular flexibility index (Phi) is 8.88. The van der Waals surface area contributed by atoms with E-state index < -0.39 is 0 Å². The van der Waals surface area contributed by atoms with Gasteiger partial charge in [0.2, 0.25) is 0 Å². The third-order valence-corrected chi connectivity index (χ3v) is 4.08. The van der Waals surface area contributed by atoms with E-state index in [0.717, 1.165) is 52.1 Å². The molecule has 21 heavy (non-hydrogen) atoms. The Morgan fingerprint density at radius 3 is 2.38 bits per heavy atom. The fourth-order valence-corrected chi connectivity index (χ4v) is 2.68. The Morgan fingerprint density at radius 2 is 1.86 bits per heavy atom. The smallest absolute Gasteiger partial charge is 0.323 e. The molecule has 5 heteroatoms. The summed E-state index contributed by atoms with van der Waals surface area (Å²) in [7, 11) is 0. The van der Waals surface area contributed by atoms with Crippen molar-refractivity contribution in [3.63, 3.8) is 0 Å². The molecule has 0 aliphatic carbocycles. The average molecular weight is 299 g/mol. The number of rotatable bonds is 9. The molecular formula is C16H33N3O2. The molecule has 1 N–H and O–H groups in total. The van der Waals surface area contributed by atoms with E-state index in [2.05, 4.69) is 35.9 Å². The van der Waals surface area contributed by atoms with Gasteiger partial charge in [-0.05, 0) is 40.2 Å². The maximum Gasteiger partial charge on any atom is 0.323 e. The fourth-order valence-electron chi connectivity index (χ4n) is 2.68. The van der Waals surface area contributed by atoms with Gasteiger partial charge in [-0.25, -0.2) is 0 Å². The summed E-state index contributed by atoms with van der Waals surface area (Å²) in [6, 6.07) is 0.471. The highest BCUT2D eigenvalue weighted by molar-refractivity contribution is 5.75. The monoisotopic (exact) mass is 299 g/mol. The molecule has 1 aliphatic heterocycles. The van der Waals surface area contributed by atoms with E-state index in [-0.39, 0.29) is 12.0 Å². The van der Waals surface area contributed by atoms with Crippen LogP contribution >= 0.6 is 0 Å². The van der Waals surface area contributed by atoms with Crippen molar-refractivity contribution in [3.05, 3.63) is 0 Å². The lowest BCUT2D eigenvalue weighted by Crippen LogP contribution is -2.50. The SMILES string of the molecule is CCCNC(CCN1CCN(C(C)C)CC1)C(=O)OCC. The second-order valence-electron chi connectivity index (χ2n) is 6.02.